The van der Waals surface area contributed by atoms with Crippen molar-refractivity contribution < 1.29 is 17.4 Å². The van der Waals surface area contributed by atoms with Crippen molar-refractivity contribution in [1.29, 1.82) is 0 Å². The third-order valence-electron chi connectivity index (χ3n) is 0.980. The summed E-state index contributed by atoms with van der Waals surface area (Å²) < 4.78 is 27.0. The summed E-state index contributed by atoms with van der Waals surface area (Å²) in [6.07, 6.45) is 1.37. The van der Waals surface area contributed by atoms with Gasteiger partial charge in [0.1, 0.15) is 0 Å². The molecule has 1 amide bonds. The fourth-order valence-electron chi connectivity index (χ4n) is 0.430. The van der Waals surface area contributed by atoms with E-state index in [4.69, 9.17) is 0 Å². The Hall–Kier alpha value is -0.620. The fraction of sp³-hybridized carbons (Fsp3) is 0.750. The first-order valence-corrected chi connectivity index (χ1v) is 4.19. The number of nitrogens with one attached hydrogen (secondary N) is 1. The Morgan fingerprint density at radius 1 is 1.50 bits per heavy atom. The van der Waals surface area contributed by atoms with Crippen molar-refractivity contribution >= 4 is 16.7 Å². The molecule has 1 aliphatic rings. The van der Waals surface area contributed by atoms with Crippen molar-refractivity contribution in [3.63, 3.8) is 0 Å². The highest BCUT2D eigenvalue weighted by Gasteiger charge is 2.28. The second-order valence-corrected chi connectivity index (χ2v) is 3.32. The highest BCUT2D eigenvalue weighted by atomic mass is 32.2. The maximum Gasteiger partial charge on any atom is 0.362 e. The summed E-state index contributed by atoms with van der Waals surface area (Å²) in [6.45, 7) is 0. The maximum absolute atomic E-state index is 10.5. The van der Waals surface area contributed by atoms with Gasteiger partial charge in [0.05, 0.1) is 6.10 Å². The van der Waals surface area contributed by atoms with Gasteiger partial charge in [0.2, 0.25) is 6.41 Å². The van der Waals surface area contributed by atoms with Crippen LogP contribution in [-0.2, 0) is 19.3 Å². The normalized spacial score (nSPS) is 18.4. The van der Waals surface area contributed by atoms with E-state index >= 15 is 0 Å². The lowest BCUT2D eigenvalue weighted by atomic mass is 10.9. The van der Waals surface area contributed by atoms with Crippen LogP contribution in [-0.4, -0.2) is 20.9 Å². The van der Waals surface area contributed by atoms with Crippen molar-refractivity contribution in [2.75, 3.05) is 0 Å². The first-order valence-electron chi connectivity index (χ1n) is 2.78. The summed E-state index contributed by atoms with van der Waals surface area (Å²) >= 11 is 0. The first-order chi connectivity index (χ1) is 4.64. The molecule has 0 atom stereocenters. The molecule has 0 aromatic heterocycles. The zero-order valence-corrected chi connectivity index (χ0v) is 5.93. The largest absolute Gasteiger partial charge is 0.362 e. The molecule has 58 valence electrons. The van der Waals surface area contributed by atoms with Crippen molar-refractivity contribution in [2.24, 2.45) is 0 Å². The van der Waals surface area contributed by atoms with Crippen LogP contribution in [0.15, 0.2) is 0 Å². The molecule has 1 aliphatic carbocycles. The van der Waals surface area contributed by atoms with Crippen molar-refractivity contribution in [3.05, 3.63) is 0 Å². The van der Waals surface area contributed by atoms with Gasteiger partial charge < -0.3 is 0 Å². The molecule has 1 N–H and O–H groups in total. The van der Waals surface area contributed by atoms with Crippen LogP contribution in [0, 0.1) is 0 Å². The van der Waals surface area contributed by atoms with Crippen molar-refractivity contribution in [3.8, 4) is 0 Å². The molecule has 0 saturated heterocycles. The minimum atomic E-state index is -3.79. The van der Waals surface area contributed by atoms with E-state index in [1.165, 1.54) is 0 Å². The van der Waals surface area contributed by atoms with E-state index in [0.29, 0.717) is 0 Å². The Bertz CT molecular complexity index is 217. The molecule has 0 aromatic rings. The average Bonchev–Trinajstić information content (AvgIpc) is 2.48. The molecule has 10 heavy (non-hydrogen) atoms. The number of rotatable bonds is 4. The third kappa shape index (κ3) is 2.32. The zero-order valence-electron chi connectivity index (χ0n) is 5.11. The Kier molecular flexibility index (Phi) is 1.91. The van der Waals surface area contributed by atoms with Crippen LogP contribution in [0.1, 0.15) is 12.8 Å². The highest BCUT2D eigenvalue weighted by molar-refractivity contribution is 7.85. The standard InChI is InChI=1S/C4H7NO4S/c6-3-5-10(7,8)9-4-1-2-4/h3-4H,1-2H2,(H,5,6). The van der Waals surface area contributed by atoms with Gasteiger partial charge in [-0.15, -0.1) is 0 Å². The summed E-state index contributed by atoms with van der Waals surface area (Å²) in [6, 6.07) is 0. The lowest BCUT2D eigenvalue weighted by Gasteiger charge is -1.98. The van der Waals surface area contributed by atoms with Crippen molar-refractivity contribution in [1.82, 2.24) is 4.72 Å². The molecule has 0 spiro atoms. The van der Waals surface area contributed by atoms with Crippen LogP contribution < -0.4 is 4.72 Å². The molecule has 0 heterocycles. The maximum atomic E-state index is 10.5. The van der Waals surface area contributed by atoms with Gasteiger partial charge in [-0.25, -0.2) is 4.72 Å². The van der Waals surface area contributed by atoms with E-state index in [2.05, 4.69) is 4.18 Å². The Morgan fingerprint density at radius 3 is 2.50 bits per heavy atom. The van der Waals surface area contributed by atoms with Crippen LogP contribution in [0.4, 0.5) is 0 Å². The Morgan fingerprint density at radius 2 is 2.10 bits per heavy atom. The molecule has 5 nitrogen and oxygen atoms in total. The van der Waals surface area contributed by atoms with E-state index < -0.39 is 10.3 Å². The highest BCUT2D eigenvalue weighted by Crippen LogP contribution is 2.24. The predicted octanol–water partition coefficient (Wildman–Crippen LogP) is -0.844. The molecule has 0 radical (unpaired) electrons. The molecule has 6 heteroatoms. The number of carbonyl (C=O) groups is 1. The van der Waals surface area contributed by atoms with Gasteiger partial charge in [0.25, 0.3) is 0 Å². The van der Waals surface area contributed by atoms with Gasteiger partial charge in [-0.1, -0.05) is 0 Å². The van der Waals surface area contributed by atoms with Gasteiger partial charge in [0.15, 0.2) is 0 Å². The van der Waals surface area contributed by atoms with E-state index in [1.54, 1.807) is 4.72 Å². The summed E-state index contributed by atoms with van der Waals surface area (Å²) in [5, 5.41) is 0. The lowest BCUT2D eigenvalue weighted by molar-refractivity contribution is -0.108. The molecule has 0 bridgehead atoms. The average molecular weight is 165 g/mol. The number of amides is 1. The lowest BCUT2D eigenvalue weighted by Crippen LogP contribution is -2.24. The first kappa shape index (κ1) is 7.49. The van der Waals surface area contributed by atoms with Crippen LogP contribution >= 0.6 is 0 Å². The van der Waals surface area contributed by atoms with Gasteiger partial charge in [-0.3, -0.25) is 8.98 Å². The summed E-state index contributed by atoms with van der Waals surface area (Å²) in [4.78, 5) is 9.65. The van der Waals surface area contributed by atoms with E-state index in [9.17, 15) is 13.2 Å². The van der Waals surface area contributed by atoms with Crippen LogP contribution in [0.3, 0.4) is 0 Å². The van der Waals surface area contributed by atoms with Gasteiger partial charge in [-0.2, -0.15) is 8.42 Å². The molecule has 0 unspecified atom stereocenters. The number of carbonyl (C=O) groups excluding carboxylic acids is 1. The molecular weight excluding hydrogens is 158 g/mol. The minimum absolute atomic E-state index is 0.0811. The monoisotopic (exact) mass is 165 g/mol. The van der Waals surface area contributed by atoms with Crippen LogP contribution in [0.2, 0.25) is 0 Å². The fourth-order valence-corrected chi connectivity index (χ4v) is 1.15. The topological polar surface area (TPSA) is 72.5 Å². The summed E-state index contributed by atoms with van der Waals surface area (Å²) in [7, 11) is -3.79. The molecule has 1 saturated carbocycles. The molecule has 1 rings (SSSR count). The number of hydrogen-bond acceptors (Lipinski definition) is 4. The van der Waals surface area contributed by atoms with Gasteiger partial charge in [-0.05, 0) is 12.8 Å². The van der Waals surface area contributed by atoms with Crippen molar-refractivity contribution in [2.45, 2.75) is 18.9 Å². The SMILES string of the molecule is O=CNS(=O)(=O)OC1CC1. The molecular formula is C4H7NO4S. The summed E-state index contributed by atoms with van der Waals surface area (Å²) in [5.74, 6) is 0. The molecule has 0 aliphatic heterocycles. The Labute approximate surface area is 58.6 Å². The predicted molar refractivity (Wildman–Crippen MR) is 32.2 cm³/mol. The molecule has 0 aromatic carbocycles. The third-order valence-corrected chi connectivity index (χ3v) is 1.89. The van der Waals surface area contributed by atoms with E-state index in [0.717, 1.165) is 12.8 Å². The van der Waals surface area contributed by atoms with Gasteiger partial charge in [0, 0.05) is 0 Å². The van der Waals surface area contributed by atoms with Crippen LogP contribution in [0.25, 0.3) is 0 Å². The van der Waals surface area contributed by atoms with Gasteiger partial charge >= 0.3 is 10.3 Å². The second kappa shape index (κ2) is 2.55. The smallest absolute Gasteiger partial charge is 0.278 e. The van der Waals surface area contributed by atoms with Crippen LogP contribution in [0.5, 0.6) is 0 Å². The quantitative estimate of drug-likeness (QED) is 0.551. The Balaban J connectivity index is 2.41. The molecule has 1 fully saturated rings. The minimum Gasteiger partial charge on any atom is -0.278 e. The number of hydrogen-bond donors (Lipinski definition) is 1. The summed E-state index contributed by atoms with van der Waals surface area (Å²) in [5.41, 5.74) is 0. The second-order valence-electron chi connectivity index (χ2n) is 1.99. The zero-order chi connectivity index (χ0) is 7.61. The van der Waals surface area contributed by atoms with E-state index in [1.807, 2.05) is 0 Å². The van der Waals surface area contributed by atoms with E-state index in [-0.39, 0.29) is 12.5 Å².